The lowest BCUT2D eigenvalue weighted by molar-refractivity contribution is -0.134. The number of morpholine rings is 1. The van der Waals surface area contributed by atoms with Crippen LogP contribution in [-0.2, 0) is 19.0 Å². The second-order valence-corrected chi connectivity index (χ2v) is 4.83. The lowest BCUT2D eigenvalue weighted by Crippen LogP contribution is -2.37. The molecule has 0 atom stereocenters. The molecule has 0 radical (unpaired) electrons. The number of rotatable bonds is 4. The van der Waals surface area contributed by atoms with Crippen LogP contribution < -0.4 is 4.90 Å². The number of ether oxygens (including phenoxy) is 3. The third-order valence-corrected chi connectivity index (χ3v) is 3.26. The van der Waals surface area contributed by atoms with E-state index in [-0.39, 0.29) is 18.9 Å². The molecule has 22 heavy (non-hydrogen) atoms. The summed E-state index contributed by atoms with van der Waals surface area (Å²) < 4.78 is 15.1. The van der Waals surface area contributed by atoms with E-state index < -0.39 is 11.9 Å². The quantitative estimate of drug-likeness (QED) is 0.715. The maximum atomic E-state index is 12.0. The standard InChI is InChI=1S/C14H15N3O5/c18-12-7-10(8-21-12)9-22-13(19)11-1-2-15-14(16-11)17-3-5-20-6-4-17/h1-2,7H,3-6,8-9H2. The van der Waals surface area contributed by atoms with E-state index in [1.54, 1.807) is 0 Å². The van der Waals surface area contributed by atoms with Crippen LogP contribution in [0.5, 0.6) is 0 Å². The number of aromatic nitrogens is 2. The Morgan fingerprint density at radius 3 is 2.91 bits per heavy atom. The third-order valence-electron chi connectivity index (χ3n) is 3.26. The monoisotopic (exact) mass is 305 g/mol. The van der Waals surface area contributed by atoms with Crippen LogP contribution in [0, 0.1) is 0 Å². The highest BCUT2D eigenvalue weighted by Gasteiger charge is 2.18. The summed E-state index contributed by atoms with van der Waals surface area (Å²) >= 11 is 0. The maximum Gasteiger partial charge on any atom is 0.357 e. The Morgan fingerprint density at radius 1 is 1.36 bits per heavy atom. The fraction of sp³-hybridized carbons (Fsp3) is 0.429. The van der Waals surface area contributed by atoms with Crippen LogP contribution in [0.2, 0.25) is 0 Å². The van der Waals surface area contributed by atoms with E-state index in [9.17, 15) is 9.59 Å². The van der Waals surface area contributed by atoms with Crippen LogP contribution in [0.15, 0.2) is 23.9 Å². The Morgan fingerprint density at radius 2 is 2.18 bits per heavy atom. The zero-order valence-electron chi connectivity index (χ0n) is 11.9. The summed E-state index contributed by atoms with van der Waals surface area (Å²) in [5.74, 6) is -0.490. The van der Waals surface area contributed by atoms with Gasteiger partial charge in [-0.3, -0.25) is 0 Å². The molecular weight excluding hydrogens is 290 g/mol. The Balaban J connectivity index is 1.62. The predicted octanol–water partition coefficient (Wildman–Crippen LogP) is -0.0468. The van der Waals surface area contributed by atoms with E-state index in [0.717, 1.165) is 0 Å². The van der Waals surface area contributed by atoms with E-state index in [1.807, 2.05) is 4.90 Å². The summed E-state index contributed by atoms with van der Waals surface area (Å²) in [5.41, 5.74) is 0.808. The van der Waals surface area contributed by atoms with Crippen molar-refractivity contribution in [3.8, 4) is 0 Å². The van der Waals surface area contributed by atoms with E-state index >= 15 is 0 Å². The van der Waals surface area contributed by atoms with E-state index in [0.29, 0.717) is 37.8 Å². The third kappa shape index (κ3) is 3.40. The molecule has 0 saturated carbocycles. The number of anilines is 1. The summed E-state index contributed by atoms with van der Waals surface area (Å²) in [6, 6.07) is 1.50. The van der Waals surface area contributed by atoms with Gasteiger partial charge in [0.25, 0.3) is 0 Å². The molecule has 0 unspecified atom stereocenters. The van der Waals surface area contributed by atoms with Gasteiger partial charge >= 0.3 is 11.9 Å². The van der Waals surface area contributed by atoms with Gasteiger partial charge in [0.15, 0.2) is 5.69 Å². The van der Waals surface area contributed by atoms with Crippen LogP contribution >= 0.6 is 0 Å². The molecule has 3 rings (SSSR count). The maximum absolute atomic E-state index is 12.0. The van der Waals surface area contributed by atoms with Crippen LogP contribution in [0.25, 0.3) is 0 Å². The fourth-order valence-corrected chi connectivity index (χ4v) is 2.11. The van der Waals surface area contributed by atoms with E-state index in [1.165, 1.54) is 18.3 Å². The van der Waals surface area contributed by atoms with Crippen molar-refractivity contribution < 1.29 is 23.8 Å². The lowest BCUT2D eigenvalue weighted by atomic mass is 10.3. The SMILES string of the molecule is O=C1C=C(COC(=O)c2ccnc(N3CCOCC3)n2)CO1. The summed E-state index contributed by atoms with van der Waals surface area (Å²) in [6.07, 6.45) is 2.85. The van der Waals surface area contributed by atoms with Crippen LogP contribution in [0.1, 0.15) is 10.5 Å². The molecule has 2 aliphatic rings. The first-order valence-corrected chi connectivity index (χ1v) is 6.91. The van der Waals surface area contributed by atoms with Crippen molar-refractivity contribution >= 4 is 17.9 Å². The molecule has 1 aromatic heterocycles. The smallest absolute Gasteiger partial charge is 0.357 e. The van der Waals surface area contributed by atoms with Crippen molar-refractivity contribution in [1.29, 1.82) is 0 Å². The number of carbonyl (C=O) groups is 2. The predicted molar refractivity (Wildman–Crippen MR) is 74.4 cm³/mol. The molecule has 8 nitrogen and oxygen atoms in total. The molecule has 0 N–H and O–H groups in total. The minimum Gasteiger partial charge on any atom is -0.458 e. The van der Waals surface area contributed by atoms with Crippen molar-refractivity contribution in [2.75, 3.05) is 44.4 Å². The Bertz CT molecular complexity index is 610. The summed E-state index contributed by atoms with van der Waals surface area (Å²) in [6.45, 7) is 2.77. The molecule has 2 aliphatic heterocycles. The van der Waals surface area contributed by atoms with Crippen LogP contribution in [-0.4, -0.2) is 61.4 Å². The number of cyclic esters (lactones) is 1. The molecule has 0 spiro atoms. The van der Waals surface area contributed by atoms with Crippen molar-refractivity contribution in [3.63, 3.8) is 0 Å². The molecule has 3 heterocycles. The Labute approximate surface area is 126 Å². The minimum atomic E-state index is -0.558. The first kappa shape index (κ1) is 14.5. The highest BCUT2D eigenvalue weighted by Crippen LogP contribution is 2.12. The van der Waals surface area contributed by atoms with E-state index in [4.69, 9.17) is 14.2 Å². The van der Waals surface area contributed by atoms with Crippen molar-refractivity contribution in [1.82, 2.24) is 9.97 Å². The molecule has 116 valence electrons. The van der Waals surface area contributed by atoms with Crippen LogP contribution in [0.3, 0.4) is 0 Å². The van der Waals surface area contributed by atoms with Gasteiger partial charge in [0.2, 0.25) is 5.95 Å². The van der Waals surface area contributed by atoms with Gasteiger partial charge in [-0.1, -0.05) is 0 Å². The van der Waals surface area contributed by atoms with Gasteiger partial charge in [-0.2, -0.15) is 0 Å². The second kappa shape index (κ2) is 6.52. The number of esters is 2. The van der Waals surface area contributed by atoms with Gasteiger partial charge in [0.1, 0.15) is 13.2 Å². The van der Waals surface area contributed by atoms with Gasteiger partial charge < -0.3 is 19.1 Å². The van der Waals surface area contributed by atoms with Crippen molar-refractivity contribution in [2.24, 2.45) is 0 Å². The number of carbonyl (C=O) groups excluding carboxylic acids is 2. The zero-order chi connectivity index (χ0) is 15.4. The normalized spacial score (nSPS) is 17.9. The molecule has 0 aromatic carbocycles. The van der Waals surface area contributed by atoms with Crippen LogP contribution in [0.4, 0.5) is 5.95 Å². The Hall–Kier alpha value is -2.48. The van der Waals surface area contributed by atoms with Crippen molar-refractivity contribution in [3.05, 3.63) is 29.6 Å². The van der Waals surface area contributed by atoms with Gasteiger partial charge in [0.05, 0.1) is 13.2 Å². The second-order valence-electron chi connectivity index (χ2n) is 4.83. The average Bonchev–Trinajstić information content (AvgIpc) is 2.99. The molecule has 8 heteroatoms. The lowest BCUT2D eigenvalue weighted by Gasteiger charge is -2.26. The number of nitrogens with zero attached hydrogens (tertiary/aromatic N) is 3. The molecule has 0 aliphatic carbocycles. The molecule has 1 aromatic rings. The van der Waals surface area contributed by atoms with Gasteiger partial charge in [-0.15, -0.1) is 0 Å². The highest BCUT2D eigenvalue weighted by atomic mass is 16.5. The van der Waals surface area contributed by atoms with Crippen molar-refractivity contribution in [2.45, 2.75) is 0 Å². The number of hydrogen-bond acceptors (Lipinski definition) is 8. The number of hydrogen-bond donors (Lipinski definition) is 0. The summed E-state index contributed by atoms with van der Waals surface area (Å²) in [5, 5.41) is 0. The van der Waals surface area contributed by atoms with Gasteiger partial charge in [-0.05, 0) is 6.07 Å². The molecule has 1 fully saturated rings. The first-order valence-electron chi connectivity index (χ1n) is 6.91. The van der Waals surface area contributed by atoms with E-state index in [2.05, 4.69) is 9.97 Å². The minimum absolute atomic E-state index is 0.0153. The molecule has 0 bridgehead atoms. The first-order chi connectivity index (χ1) is 10.7. The summed E-state index contributed by atoms with van der Waals surface area (Å²) in [7, 11) is 0. The van der Waals surface area contributed by atoms with Gasteiger partial charge in [0, 0.05) is 30.9 Å². The zero-order valence-corrected chi connectivity index (χ0v) is 11.9. The highest BCUT2D eigenvalue weighted by molar-refractivity contribution is 5.88. The summed E-state index contributed by atoms with van der Waals surface area (Å²) in [4.78, 5) is 33.3. The molecule has 1 saturated heterocycles. The topological polar surface area (TPSA) is 90.9 Å². The van der Waals surface area contributed by atoms with Gasteiger partial charge in [-0.25, -0.2) is 19.6 Å². The molecular formula is C14H15N3O5. The largest absolute Gasteiger partial charge is 0.458 e. The Kier molecular flexibility index (Phi) is 4.29. The average molecular weight is 305 g/mol. The molecule has 0 amide bonds. The fourth-order valence-electron chi connectivity index (χ4n) is 2.11.